The van der Waals surface area contributed by atoms with Gasteiger partial charge in [-0.3, -0.25) is 9.79 Å². The third kappa shape index (κ3) is 5.39. The Morgan fingerprint density at radius 1 is 1.19 bits per heavy atom. The lowest BCUT2D eigenvalue weighted by Crippen LogP contribution is -2.44. The predicted octanol–water partition coefficient (Wildman–Crippen LogP) is 1.63. The number of aliphatic imine (C=N–C) groups is 1. The highest BCUT2D eigenvalue weighted by molar-refractivity contribution is 6.10. The van der Waals surface area contributed by atoms with Crippen LogP contribution in [0.1, 0.15) is 28.9 Å². The molecule has 1 atom stereocenters. The summed E-state index contributed by atoms with van der Waals surface area (Å²) in [6.45, 7) is 3.91. The van der Waals surface area contributed by atoms with Gasteiger partial charge in [0.25, 0.3) is 11.9 Å². The van der Waals surface area contributed by atoms with Crippen LogP contribution < -0.4 is 26.6 Å². The fourth-order valence-electron chi connectivity index (χ4n) is 4.53. The van der Waals surface area contributed by atoms with Gasteiger partial charge in [-0.15, -0.1) is 0 Å². The van der Waals surface area contributed by atoms with Crippen LogP contribution in [0.25, 0.3) is 16.8 Å². The van der Waals surface area contributed by atoms with Crippen LogP contribution in [-0.4, -0.2) is 79.6 Å². The Kier molecular flexibility index (Phi) is 7.28. The molecule has 37 heavy (non-hydrogen) atoms. The monoisotopic (exact) mass is 505 g/mol. The van der Waals surface area contributed by atoms with Gasteiger partial charge in [0.2, 0.25) is 5.65 Å². The normalized spacial score (nSPS) is 19.1. The number of amides is 1. The summed E-state index contributed by atoms with van der Waals surface area (Å²) < 4.78 is 11.5. The minimum absolute atomic E-state index is 0.00317. The van der Waals surface area contributed by atoms with E-state index in [-0.39, 0.29) is 11.9 Å². The number of nitrogens with zero attached hydrogens (tertiary/aromatic N) is 6. The molecule has 0 radical (unpaired) electrons. The number of nitrogens with one attached hydrogen (secondary N) is 1. The molecule has 0 bridgehead atoms. The molecule has 12 heteroatoms. The van der Waals surface area contributed by atoms with E-state index in [1.807, 2.05) is 9.80 Å². The number of carbonyl (C=O) groups excluding carboxylic acids is 1. The van der Waals surface area contributed by atoms with Gasteiger partial charge in [-0.2, -0.15) is 4.98 Å². The number of aromatic nitrogens is 3. The van der Waals surface area contributed by atoms with Gasteiger partial charge in [0.1, 0.15) is 11.6 Å². The zero-order chi connectivity index (χ0) is 25.8. The van der Waals surface area contributed by atoms with Crippen molar-refractivity contribution in [2.75, 3.05) is 61.6 Å². The van der Waals surface area contributed by atoms with Gasteiger partial charge in [-0.05, 0) is 25.0 Å². The maximum atomic E-state index is 13.6. The van der Waals surface area contributed by atoms with Gasteiger partial charge < -0.3 is 35.7 Å². The van der Waals surface area contributed by atoms with Crippen LogP contribution in [0, 0.1) is 0 Å². The zero-order valence-corrected chi connectivity index (χ0v) is 20.8. The van der Waals surface area contributed by atoms with Gasteiger partial charge in [0.15, 0.2) is 5.58 Å². The van der Waals surface area contributed by atoms with Crippen LogP contribution >= 0.6 is 0 Å². The number of fused-ring (bicyclic) bond motifs is 1. The van der Waals surface area contributed by atoms with E-state index in [1.165, 1.54) is 6.20 Å². The SMILES string of the molecule is CN=C/C(=C\N)c1cccc(NC(=O)c2cc3oc(N4CCOCC4)nc3nc2N2CCCC(N)C2)n1. The number of hydrogen-bond acceptors (Lipinski definition) is 11. The number of allylic oxidation sites excluding steroid dienone is 1. The third-order valence-electron chi connectivity index (χ3n) is 6.37. The fraction of sp³-hybridized carbons (Fsp3) is 0.400. The van der Waals surface area contributed by atoms with E-state index in [1.54, 1.807) is 37.5 Å². The minimum atomic E-state index is -0.361. The average Bonchev–Trinajstić information content (AvgIpc) is 3.35. The molecule has 1 amide bonds. The average molecular weight is 506 g/mol. The summed E-state index contributed by atoms with van der Waals surface area (Å²) in [6, 6.07) is 7.48. The molecule has 2 saturated heterocycles. The highest BCUT2D eigenvalue weighted by Gasteiger charge is 2.27. The molecule has 0 aromatic carbocycles. The number of nitrogens with two attached hydrogens (primary N) is 2. The van der Waals surface area contributed by atoms with E-state index in [9.17, 15) is 4.79 Å². The summed E-state index contributed by atoms with van der Waals surface area (Å²) in [5.74, 6) is 0.540. The van der Waals surface area contributed by atoms with E-state index in [4.69, 9.17) is 25.6 Å². The standard InChI is InChI=1S/C25H31N9O3/c1-28-14-16(13-26)19-5-2-6-21(29-19)30-24(35)18-12-20-22(31-23(18)34-7-3-4-17(27)15-34)32-25(37-20)33-8-10-36-11-9-33/h2,5-6,12-14,17H,3-4,7-11,15,26-27H2,1H3,(H,29,30,35)/b16-13+,28-14?. The molecule has 2 aliphatic rings. The molecule has 2 aliphatic heterocycles. The second kappa shape index (κ2) is 10.9. The summed E-state index contributed by atoms with van der Waals surface area (Å²) in [7, 11) is 1.65. The van der Waals surface area contributed by atoms with E-state index in [2.05, 4.69) is 20.3 Å². The predicted molar refractivity (Wildman–Crippen MR) is 143 cm³/mol. The van der Waals surface area contributed by atoms with Gasteiger partial charge in [0, 0.05) is 63.3 Å². The van der Waals surface area contributed by atoms with Crippen molar-refractivity contribution in [3.8, 4) is 0 Å². The van der Waals surface area contributed by atoms with Gasteiger partial charge in [0.05, 0.1) is 24.5 Å². The summed E-state index contributed by atoms with van der Waals surface area (Å²) in [4.78, 5) is 35.6. The molecule has 5 heterocycles. The molecule has 3 aromatic heterocycles. The third-order valence-corrected chi connectivity index (χ3v) is 6.37. The van der Waals surface area contributed by atoms with E-state index in [0.717, 1.165) is 19.4 Å². The second-order valence-corrected chi connectivity index (χ2v) is 9.00. The summed E-state index contributed by atoms with van der Waals surface area (Å²) in [5, 5.41) is 2.90. The van der Waals surface area contributed by atoms with Gasteiger partial charge >= 0.3 is 0 Å². The van der Waals surface area contributed by atoms with Crippen LogP contribution in [0.15, 0.2) is 39.9 Å². The van der Waals surface area contributed by atoms with Crippen LogP contribution in [0.3, 0.4) is 0 Å². The van der Waals surface area contributed by atoms with E-state index >= 15 is 0 Å². The largest absolute Gasteiger partial charge is 0.422 e. The Hall–Kier alpha value is -4.03. The van der Waals surface area contributed by atoms with Crippen LogP contribution in [-0.2, 0) is 4.74 Å². The van der Waals surface area contributed by atoms with Crippen LogP contribution in [0.5, 0.6) is 0 Å². The topological polar surface area (TPSA) is 161 Å². The molecule has 3 aromatic rings. The summed E-state index contributed by atoms with van der Waals surface area (Å²) in [6.07, 6.45) is 4.88. The van der Waals surface area contributed by atoms with Crippen molar-refractivity contribution in [3.63, 3.8) is 0 Å². The van der Waals surface area contributed by atoms with E-state index < -0.39 is 0 Å². The first kappa shape index (κ1) is 24.7. The number of carbonyl (C=O) groups is 1. The molecule has 1 unspecified atom stereocenters. The first-order valence-corrected chi connectivity index (χ1v) is 12.3. The van der Waals surface area contributed by atoms with Crippen molar-refractivity contribution < 1.29 is 13.9 Å². The van der Waals surface area contributed by atoms with Crippen molar-refractivity contribution in [1.29, 1.82) is 0 Å². The number of oxazole rings is 1. The Bertz CT molecular complexity index is 1330. The molecule has 2 fully saturated rings. The first-order chi connectivity index (χ1) is 18.1. The van der Waals surface area contributed by atoms with E-state index in [0.29, 0.717) is 78.6 Å². The molecule has 194 valence electrons. The first-order valence-electron chi connectivity index (χ1n) is 12.3. The molecule has 0 spiro atoms. The van der Waals surface area contributed by atoms with Gasteiger partial charge in [-0.1, -0.05) is 6.07 Å². The number of pyridine rings is 2. The Morgan fingerprint density at radius 2 is 2.03 bits per heavy atom. The second-order valence-electron chi connectivity index (χ2n) is 9.00. The lowest BCUT2D eigenvalue weighted by atomic mass is 10.1. The highest BCUT2D eigenvalue weighted by atomic mass is 16.5. The minimum Gasteiger partial charge on any atom is -0.422 e. The highest BCUT2D eigenvalue weighted by Crippen LogP contribution is 2.29. The lowest BCUT2D eigenvalue weighted by Gasteiger charge is -2.32. The number of morpholine rings is 1. The maximum Gasteiger partial charge on any atom is 0.300 e. The summed E-state index contributed by atoms with van der Waals surface area (Å²) >= 11 is 0. The Morgan fingerprint density at radius 3 is 2.78 bits per heavy atom. The fourth-order valence-corrected chi connectivity index (χ4v) is 4.53. The smallest absolute Gasteiger partial charge is 0.300 e. The van der Waals surface area contributed by atoms with Crippen LogP contribution in [0.2, 0.25) is 0 Å². The number of piperidine rings is 1. The number of anilines is 3. The molecule has 12 nitrogen and oxygen atoms in total. The number of ether oxygens (including phenoxy) is 1. The summed E-state index contributed by atoms with van der Waals surface area (Å²) in [5.41, 5.74) is 14.5. The van der Waals surface area contributed by atoms with Crippen molar-refractivity contribution in [2.24, 2.45) is 16.5 Å². The van der Waals surface area contributed by atoms with Crippen LogP contribution in [0.4, 0.5) is 17.7 Å². The molecular formula is C25H31N9O3. The Labute approximate surface area is 214 Å². The zero-order valence-electron chi connectivity index (χ0n) is 20.8. The molecule has 0 saturated carbocycles. The number of rotatable bonds is 6. The van der Waals surface area contributed by atoms with Crippen molar-refractivity contribution >= 4 is 46.6 Å². The van der Waals surface area contributed by atoms with Crippen molar-refractivity contribution in [2.45, 2.75) is 18.9 Å². The van der Waals surface area contributed by atoms with Crippen molar-refractivity contribution in [1.82, 2.24) is 15.0 Å². The van der Waals surface area contributed by atoms with Crippen molar-refractivity contribution in [3.05, 3.63) is 41.7 Å². The molecule has 0 aliphatic carbocycles. The number of hydrogen-bond donors (Lipinski definition) is 3. The Balaban J connectivity index is 1.50. The lowest BCUT2D eigenvalue weighted by molar-refractivity contribution is 0.102. The molecule has 5 N–H and O–H groups in total. The molecule has 5 rings (SSSR count). The molecular weight excluding hydrogens is 474 g/mol. The maximum absolute atomic E-state index is 13.6. The van der Waals surface area contributed by atoms with Gasteiger partial charge in [-0.25, -0.2) is 9.97 Å². The quantitative estimate of drug-likeness (QED) is 0.420.